The fraction of sp³-hybridized carbons (Fsp3) is 0.333. The molecule has 0 radical (unpaired) electrons. The summed E-state index contributed by atoms with van der Waals surface area (Å²) in [6.07, 6.45) is 3.02. The third-order valence-corrected chi connectivity index (χ3v) is 5.91. The van der Waals surface area contributed by atoms with E-state index in [-0.39, 0.29) is 11.9 Å². The number of aryl methyl sites for hydroxylation is 1. The van der Waals surface area contributed by atoms with Gasteiger partial charge in [0.25, 0.3) is 5.91 Å². The summed E-state index contributed by atoms with van der Waals surface area (Å²) in [4.78, 5) is 22.5. The van der Waals surface area contributed by atoms with Gasteiger partial charge < -0.3 is 10.6 Å². The minimum absolute atomic E-state index is 0.0734. The van der Waals surface area contributed by atoms with E-state index >= 15 is 0 Å². The molecule has 2 N–H and O–H groups in total. The van der Waals surface area contributed by atoms with Crippen molar-refractivity contribution in [3.63, 3.8) is 0 Å². The molecule has 9 nitrogen and oxygen atoms in total. The van der Waals surface area contributed by atoms with Crippen LogP contribution in [0.15, 0.2) is 35.4 Å². The second-order valence-corrected chi connectivity index (χ2v) is 8.32. The fourth-order valence-electron chi connectivity index (χ4n) is 3.58. The quantitative estimate of drug-likeness (QED) is 0.644. The molecule has 0 aliphatic carbocycles. The number of fused-ring (bicyclic) bond motifs is 1. The Morgan fingerprint density at radius 2 is 1.83 bits per heavy atom. The molecular weight excluding hydrogens is 399 g/mol. The van der Waals surface area contributed by atoms with E-state index in [0.29, 0.717) is 54.2 Å². The third kappa shape index (κ3) is 3.65. The molecule has 0 atom stereocenters. The molecule has 29 heavy (non-hydrogen) atoms. The van der Waals surface area contributed by atoms with Crippen molar-refractivity contribution in [3.8, 4) is 0 Å². The number of rotatable bonds is 3. The Morgan fingerprint density at radius 1 is 1.17 bits per heavy atom. The lowest BCUT2D eigenvalue weighted by molar-refractivity contribution is 0.0691. The molecule has 1 aromatic carbocycles. The van der Waals surface area contributed by atoms with Gasteiger partial charge in [-0.05, 0) is 44.0 Å². The van der Waals surface area contributed by atoms with Gasteiger partial charge in [0.1, 0.15) is 11.6 Å². The summed E-state index contributed by atoms with van der Waals surface area (Å²) in [7, 11) is -4.78. The molecule has 1 saturated heterocycles. The molecular formula is C18H19FN6O3S. The van der Waals surface area contributed by atoms with Crippen molar-refractivity contribution >= 4 is 33.0 Å². The molecule has 0 spiro atoms. The van der Waals surface area contributed by atoms with Crippen molar-refractivity contribution in [1.82, 2.24) is 24.6 Å². The number of carbonyl (C=O) groups excluding carboxylic acids is 1. The number of nitrogens with zero attached hydrogens (tertiary/aromatic N) is 5. The fourth-order valence-corrected chi connectivity index (χ4v) is 4.05. The second kappa shape index (κ2) is 7.07. The Hall–Kier alpha value is -3.08. The van der Waals surface area contributed by atoms with Crippen molar-refractivity contribution in [2.24, 2.45) is 0 Å². The number of nitrogens with two attached hydrogens (primary N) is 1. The number of halogens is 1. The molecule has 3 heterocycles. The number of carbonyl (C=O) groups is 1. The number of amides is 1. The summed E-state index contributed by atoms with van der Waals surface area (Å²) in [6.45, 7) is 2.79. The molecule has 1 amide bonds. The molecule has 1 fully saturated rings. The van der Waals surface area contributed by atoms with Gasteiger partial charge in [-0.15, -0.1) is 3.89 Å². The van der Waals surface area contributed by atoms with Crippen LogP contribution in [0, 0.1) is 6.92 Å². The number of hydrogen-bond acceptors (Lipinski definition) is 7. The van der Waals surface area contributed by atoms with Crippen LogP contribution in [0.1, 0.15) is 35.1 Å². The molecule has 0 bridgehead atoms. The monoisotopic (exact) mass is 418 g/mol. The predicted molar refractivity (Wildman–Crippen MR) is 103 cm³/mol. The smallest absolute Gasteiger partial charge is 0.332 e. The highest BCUT2D eigenvalue weighted by molar-refractivity contribution is 7.86. The Labute approximate surface area is 166 Å². The molecule has 152 valence electrons. The molecule has 3 aromatic rings. The van der Waals surface area contributed by atoms with Crippen LogP contribution in [-0.2, 0) is 10.2 Å². The summed E-state index contributed by atoms with van der Waals surface area (Å²) in [6, 6.07) is 4.91. The van der Waals surface area contributed by atoms with E-state index in [2.05, 4.69) is 15.1 Å². The summed E-state index contributed by atoms with van der Waals surface area (Å²) in [5.74, 6) is 0.743. The van der Waals surface area contributed by atoms with E-state index in [9.17, 15) is 17.1 Å². The maximum absolute atomic E-state index is 13.0. The number of hydrogen-bond donors (Lipinski definition) is 1. The van der Waals surface area contributed by atoms with Crippen molar-refractivity contribution in [2.75, 3.05) is 18.8 Å². The van der Waals surface area contributed by atoms with E-state index in [4.69, 9.17) is 5.73 Å². The van der Waals surface area contributed by atoms with Crippen LogP contribution in [0.4, 0.5) is 9.70 Å². The highest BCUT2D eigenvalue weighted by Crippen LogP contribution is 2.28. The molecule has 4 rings (SSSR count). The molecule has 0 unspecified atom stereocenters. The zero-order chi connectivity index (χ0) is 20.8. The first kappa shape index (κ1) is 19.2. The summed E-state index contributed by atoms with van der Waals surface area (Å²) in [5, 5.41) is 5.13. The Morgan fingerprint density at radius 3 is 2.45 bits per heavy atom. The lowest BCUT2D eigenvalue weighted by Gasteiger charge is -2.32. The van der Waals surface area contributed by atoms with Crippen LogP contribution in [-0.4, -0.2) is 52.1 Å². The highest BCUT2D eigenvalue weighted by atomic mass is 32.3. The first-order chi connectivity index (χ1) is 13.7. The Balaban J connectivity index is 1.48. The Kier molecular flexibility index (Phi) is 4.69. The minimum atomic E-state index is -4.78. The van der Waals surface area contributed by atoms with Gasteiger partial charge >= 0.3 is 10.2 Å². The second-order valence-electron chi connectivity index (χ2n) is 6.97. The summed E-state index contributed by atoms with van der Waals surface area (Å²) in [5.41, 5.74) is 6.94. The van der Waals surface area contributed by atoms with Gasteiger partial charge in [-0.1, -0.05) is 0 Å². The largest absolute Gasteiger partial charge is 0.383 e. The number of benzene rings is 1. The third-order valence-electron chi connectivity index (χ3n) is 5.08. The standard InChI is InChI=1S/C18H19FN6O3S/c1-11-22-16(20)15-10-21-25(17(15)23-11)13-6-8-24(9-7-13)18(26)12-2-4-14(5-3-12)29(19,27)28/h2-5,10,13H,6-9H2,1H3,(H2,20,22,23). The predicted octanol–water partition coefficient (Wildman–Crippen LogP) is 1.85. The zero-order valence-corrected chi connectivity index (χ0v) is 16.4. The summed E-state index contributed by atoms with van der Waals surface area (Å²) >= 11 is 0. The Bertz CT molecular complexity index is 1180. The molecule has 11 heteroatoms. The van der Waals surface area contributed by atoms with E-state index in [1.807, 2.05) is 4.68 Å². The van der Waals surface area contributed by atoms with Crippen molar-refractivity contribution < 1.29 is 17.1 Å². The van der Waals surface area contributed by atoms with Crippen LogP contribution in [0.3, 0.4) is 0 Å². The van der Waals surface area contributed by atoms with Crippen molar-refractivity contribution in [1.29, 1.82) is 0 Å². The average Bonchev–Trinajstić information content (AvgIpc) is 3.11. The highest BCUT2D eigenvalue weighted by Gasteiger charge is 2.27. The van der Waals surface area contributed by atoms with Crippen LogP contribution in [0.5, 0.6) is 0 Å². The van der Waals surface area contributed by atoms with Crippen LogP contribution in [0.25, 0.3) is 11.0 Å². The van der Waals surface area contributed by atoms with E-state index < -0.39 is 15.1 Å². The zero-order valence-electron chi connectivity index (χ0n) is 15.6. The van der Waals surface area contributed by atoms with Gasteiger partial charge in [-0.25, -0.2) is 14.6 Å². The molecule has 2 aromatic heterocycles. The average molecular weight is 418 g/mol. The van der Waals surface area contributed by atoms with Gasteiger partial charge in [0.2, 0.25) is 0 Å². The molecule has 1 aliphatic rings. The van der Waals surface area contributed by atoms with Gasteiger partial charge in [0, 0.05) is 18.7 Å². The maximum atomic E-state index is 13.0. The topological polar surface area (TPSA) is 124 Å². The van der Waals surface area contributed by atoms with E-state index in [1.165, 1.54) is 12.1 Å². The van der Waals surface area contributed by atoms with Gasteiger partial charge in [0.15, 0.2) is 5.65 Å². The van der Waals surface area contributed by atoms with Crippen LogP contribution in [0.2, 0.25) is 0 Å². The number of likely N-dealkylation sites (tertiary alicyclic amines) is 1. The molecule has 0 saturated carbocycles. The maximum Gasteiger partial charge on any atom is 0.332 e. The van der Waals surface area contributed by atoms with Crippen LogP contribution < -0.4 is 5.73 Å². The molecule has 1 aliphatic heterocycles. The van der Waals surface area contributed by atoms with E-state index in [1.54, 1.807) is 18.0 Å². The number of anilines is 1. The number of aromatic nitrogens is 4. The number of piperidine rings is 1. The normalized spacial score (nSPS) is 15.7. The number of nitrogen functional groups attached to an aromatic ring is 1. The minimum Gasteiger partial charge on any atom is -0.383 e. The van der Waals surface area contributed by atoms with Gasteiger partial charge in [0.05, 0.1) is 22.5 Å². The van der Waals surface area contributed by atoms with Crippen molar-refractivity contribution in [3.05, 3.63) is 41.9 Å². The van der Waals surface area contributed by atoms with Crippen molar-refractivity contribution in [2.45, 2.75) is 30.7 Å². The summed E-state index contributed by atoms with van der Waals surface area (Å²) < 4.78 is 36.7. The lowest BCUT2D eigenvalue weighted by Crippen LogP contribution is -2.39. The van der Waals surface area contributed by atoms with Gasteiger partial charge in [-0.3, -0.25) is 4.79 Å². The van der Waals surface area contributed by atoms with Crippen LogP contribution >= 0.6 is 0 Å². The van der Waals surface area contributed by atoms with Gasteiger partial charge in [-0.2, -0.15) is 13.5 Å². The SMILES string of the molecule is Cc1nc(N)c2cnn(C3CCN(C(=O)c4ccc(S(=O)(=O)F)cc4)CC3)c2n1. The lowest BCUT2D eigenvalue weighted by atomic mass is 10.0. The first-order valence-corrected chi connectivity index (χ1v) is 10.4. The first-order valence-electron chi connectivity index (χ1n) is 9.05. The van der Waals surface area contributed by atoms with E-state index in [0.717, 1.165) is 12.1 Å².